The normalized spacial score (nSPS) is 11.3. The van der Waals surface area contributed by atoms with Crippen molar-refractivity contribution < 1.29 is 0 Å². The summed E-state index contributed by atoms with van der Waals surface area (Å²) in [5.74, 6) is 0. The summed E-state index contributed by atoms with van der Waals surface area (Å²) in [4.78, 5) is 0. The zero-order valence-electron chi connectivity index (χ0n) is 13.2. The number of hydrogen-bond acceptors (Lipinski definition) is 0. The highest BCUT2D eigenvalue weighted by atomic mass is 31.2. The molecule has 3 rings (SSSR count). The molecular formula is C21H21PSi+. The van der Waals surface area contributed by atoms with Crippen LogP contribution in [0, 0.1) is 0 Å². The fourth-order valence-corrected chi connectivity index (χ4v) is 8.02. The van der Waals surface area contributed by atoms with Crippen molar-refractivity contribution in [2.45, 2.75) is 12.5 Å². The van der Waals surface area contributed by atoms with Gasteiger partial charge in [0.05, 0.1) is 6.16 Å². The lowest BCUT2D eigenvalue weighted by molar-refractivity contribution is 1.09. The molecule has 3 radical (unpaired) electrons. The summed E-state index contributed by atoms with van der Waals surface area (Å²) in [6, 6.07) is 34.2. The van der Waals surface area contributed by atoms with Crippen LogP contribution < -0.4 is 15.9 Å². The molecule has 0 aliphatic rings. The highest BCUT2D eigenvalue weighted by molar-refractivity contribution is 7.95. The summed E-state index contributed by atoms with van der Waals surface area (Å²) < 4.78 is 0. The Morgan fingerprint density at radius 1 is 0.565 bits per heavy atom. The maximum atomic E-state index is 3.69. The van der Waals surface area contributed by atoms with Crippen LogP contribution in [0.25, 0.3) is 0 Å². The first-order valence-corrected chi connectivity index (χ1v) is 10.8. The van der Waals surface area contributed by atoms with Gasteiger partial charge < -0.3 is 0 Å². The van der Waals surface area contributed by atoms with Gasteiger partial charge in [-0.1, -0.05) is 60.6 Å². The molecule has 0 saturated carbocycles. The molecule has 0 fully saturated rings. The molecule has 0 unspecified atom stereocenters. The molecule has 0 N–H and O–H groups in total. The van der Waals surface area contributed by atoms with Gasteiger partial charge >= 0.3 is 0 Å². The van der Waals surface area contributed by atoms with E-state index < -0.39 is 7.26 Å². The highest BCUT2D eigenvalue weighted by Gasteiger charge is 2.44. The van der Waals surface area contributed by atoms with Gasteiger partial charge in [-0.25, -0.2) is 0 Å². The van der Waals surface area contributed by atoms with Gasteiger partial charge in [0, 0.05) is 10.2 Å². The average Bonchev–Trinajstić information content (AvgIpc) is 2.65. The summed E-state index contributed by atoms with van der Waals surface area (Å²) in [5, 5.41) is 4.41. The van der Waals surface area contributed by atoms with Gasteiger partial charge in [-0.3, -0.25) is 0 Å². The fraction of sp³-hybridized carbons (Fsp3) is 0.143. The molecule has 0 atom stereocenters. The molecule has 0 aliphatic carbocycles. The average molecular weight is 332 g/mol. The first-order valence-electron chi connectivity index (χ1n) is 8.07. The molecule has 0 amide bonds. The zero-order valence-corrected chi connectivity index (χ0v) is 15.1. The smallest absolute Gasteiger partial charge is 0.0620 e. The third-order valence-electron chi connectivity index (χ3n) is 4.26. The Labute approximate surface area is 143 Å². The van der Waals surface area contributed by atoms with Crippen molar-refractivity contribution in [1.29, 1.82) is 0 Å². The van der Waals surface area contributed by atoms with E-state index in [-0.39, 0.29) is 0 Å². The highest BCUT2D eigenvalue weighted by Crippen LogP contribution is 2.55. The van der Waals surface area contributed by atoms with Gasteiger partial charge in [0.25, 0.3) is 0 Å². The summed E-state index contributed by atoms with van der Waals surface area (Å²) in [7, 11) is 2.09. The minimum Gasteiger partial charge on any atom is -0.0620 e. The van der Waals surface area contributed by atoms with Crippen LogP contribution >= 0.6 is 7.26 Å². The second kappa shape index (κ2) is 7.72. The van der Waals surface area contributed by atoms with Crippen LogP contribution in [0.5, 0.6) is 0 Å². The van der Waals surface area contributed by atoms with Crippen LogP contribution in [0.2, 0.25) is 6.04 Å². The Kier molecular flexibility index (Phi) is 5.43. The first-order chi connectivity index (χ1) is 11.4. The van der Waals surface area contributed by atoms with E-state index in [9.17, 15) is 0 Å². The molecule has 0 aromatic heterocycles. The van der Waals surface area contributed by atoms with Crippen LogP contribution in [0.4, 0.5) is 0 Å². The van der Waals surface area contributed by atoms with Crippen molar-refractivity contribution in [3.63, 3.8) is 0 Å². The maximum Gasteiger partial charge on any atom is 0.112 e. The molecule has 0 spiro atoms. The monoisotopic (exact) mass is 332 g/mol. The quantitative estimate of drug-likeness (QED) is 0.473. The van der Waals surface area contributed by atoms with Crippen molar-refractivity contribution in [2.24, 2.45) is 0 Å². The molecule has 3 aromatic carbocycles. The Bertz CT molecular complexity index is 614. The Morgan fingerprint density at radius 3 is 1.22 bits per heavy atom. The fourth-order valence-electron chi connectivity index (χ4n) is 3.20. The molecule has 2 heteroatoms. The second-order valence-electron chi connectivity index (χ2n) is 5.64. The predicted octanol–water partition coefficient (Wildman–Crippen LogP) is 3.96. The van der Waals surface area contributed by atoms with Gasteiger partial charge in [-0.15, -0.1) is 0 Å². The van der Waals surface area contributed by atoms with E-state index in [4.69, 9.17) is 0 Å². The molecule has 0 heterocycles. The van der Waals surface area contributed by atoms with Crippen molar-refractivity contribution in [3.05, 3.63) is 91.0 Å². The topological polar surface area (TPSA) is 0 Å². The van der Waals surface area contributed by atoms with Gasteiger partial charge in [0.2, 0.25) is 0 Å². The van der Waals surface area contributed by atoms with E-state index in [1.165, 1.54) is 28.5 Å². The molecule has 3 aromatic rings. The molecular weight excluding hydrogens is 311 g/mol. The summed E-state index contributed by atoms with van der Waals surface area (Å²) in [5.41, 5.74) is 0. The molecule has 23 heavy (non-hydrogen) atoms. The van der Waals surface area contributed by atoms with E-state index in [0.717, 1.165) is 6.04 Å². The largest absolute Gasteiger partial charge is 0.112 e. The predicted molar refractivity (Wildman–Crippen MR) is 105 cm³/mol. The van der Waals surface area contributed by atoms with E-state index in [0.29, 0.717) is 0 Å². The zero-order chi connectivity index (χ0) is 16.0. The van der Waals surface area contributed by atoms with Crippen molar-refractivity contribution >= 4 is 33.4 Å². The van der Waals surface area contributed by atoms with Gasteiger partial charge in [-0.05, 0) is 42.8 Å². The number of hydrogen-bond donors (Lipinski definition) is 0. The van der Waals surface area contributed by atoms with Crippen LogP contribution in [0.3, 0.4) is 0 Å². The molecule has 0 aliphatic heterocycles. The maximum absolute atomic E-state index is 3.69. The lowest BCUT2D eigenvalue weighted by atomic mass is 10.4. The van der Waals surface area contributed by atoms with Crippen LogP contribution in [-0.2, 0) is 0 Å². The van der Waals surface area contributed by atoms with Gasteiger partial charge in [-0.2, -0.15) is 0 Å². The standard InChI is InChI=1S/C21H21PSi/c23-18-10-17-22(19-11-4-1-5-12-19,20-13-6-2-7-14-20)21-15-8-3-9-16-21/h1-9,11-16H,10,17-18H2/q+1. The lowest BCUT2D eigenvalue weighted by Crippen LogP contribution is -2.33. The Hall–Kier alpha value is -1.69. The second-order valence-corrected chi connectivity index (χ2v) is 9.76. The van der Waals surface area contributed by atoms with E-state index in [1.807, 2.05) is 0 Å². The number of rotatable bonds is 6. The van der Waals surface area contributed by atoms with Crippen molar-refractivity contribution in [1.82, 2.24) is 0 Å². The van der Waals surface area contributed by atoms with Crippen LogP contribution in [0.1, 0.15) is 6.42 Å². The molecule has 0 bridgehead atoms. The molecule has 0 saturated heterocycles. The van der Waals surface area contributed by atoms with E-state index in [1.54, 1.807) is 0 Å². The third-order valence-corrected chi connectivity index (χ3v) is 9.14. The summed E-state index contributed by atoms with van der Waals surface area (Å²) >= 11 is 0. The van der Waals surface area contributed by atoms with E-state index >= 15 is 0 Å². The van der Waals surface area contributed by atoms with Gasteiger partial charge in [0.15, 0.2) is 0 Å². The summed E-state index contributed by atoms with van der Waals surface area (Å²) in [6.07, 6.45) is 2.36. The lowest BCUT2D eigenvalue weighted by Gasteiger charge is -2.27. The van der Waals surface area contributed by atoms with Crippen LogP contribution in [0.15, 0.2) is 91.0 Å². The van der Waals surface area contributed by atoms with Gasteiger partial charge in [0.1, 0.15) is 23.2 Å². The van der Waals surface area contributed by atoms with Crippen LogP contribution in [-0.4, -0.2) is 16.4 Å². The Morgan fingerprint density at radius 2 is 0.913 bits per heavy atom. The third kappa shape index (κ3) is 3.32. The first kappa shape index (κ1) is 16.2. The van der Waals surface area contributed by atoms with E-state index in [2.05, 4.69) is 101 Å². The minimum atomic E-state index is -1.60. The summed E-state index contributed by atoms with van der Waals surface area (Å²) in [6.45, 7) is 0. The SMILES string of the molecule is [Si]CCC[P+](c1ccccc1)(c1ccccc1)c1ccccc1. The minimum absolute atomic E-state index is 1.04. The number of benzene rings is 3. The molecule has 113 valence electrons. The Balaban J connectivity index is 2.25. The molecule has 0 nitrogen and oxygen atoms in total. The van der Waals surface area contributed by atoms with Crippen molar-refractivity contribution in [3.8, 4) is 0 Å². The van der Waals surface area contributed by atoms with Crippen molar-refractivity contribution in [2.75, 3.05) is 6.16 Å².